The molecule has 0 unspecified atom stereocenters. The quantitative estimate of drug-likeness (QED) is 0.755. The van der Waals surface area contributed by atoms with Crippen LogP contribution in [-0.2, 0) is 17.6 Å². The number of anilines is 1. The summed E-state index contributed by atoms with van der Waals surface area (Å²) in [6.45, 7) is 1.84. The standard InChI is InChI=1S/C18H16ClFN4O/c1-10-12(8-16-18(23-10)24-17(21-2)9-22-16)7-13(25)5-11-3-4-15(20)14(19)6-11/h3-4,6,8-9H,5,7H2,1-2H3,(H,21,23,24). The van der Waals surface area contributed by atoms with Gasteiger partial charge in [-0.2, -0.15) is 0 Å². The highest BCUT2D eigenvalue weighted by atomic mass is 35.5. The van der Waals surface area contributed by atoms with Gasteiger partial charge in [0.1, 0.15) is 22.9 Å². The summed E-state index contributed by atoms with van der Waals surface area (Å²) in [5.41, 5.74) is 3.39. The van der Waals surface area contributed by atoms with Crippen LogP contribution >= 0.6 is 11.6 Å². The molecule has 0 fully saturated rings. The Bertz CT molecular complexity index is 961. The lowest BCUT2D eigenvalue weighted by Gasteiger charge is -2.08. The van der Waals surface area contributed by atoms with Crippen molar-refractivity contribution in [1.82, 2.24) is 15.0 Å². The Morgan fingerprint density at radius 2 is 2.04 bits per heavy atom. The van der Waals surface area contributed by atoms with Gasteiger partial charge in [0.2, 0.25) is 0 Å². The number of rotatable bonds is 5. The normalized spacial score (nSPS) is 10.9. The minimum absolute atomic E-state index is 0.00766. The first-order chi connectivity index (χ1) is 12.0. The van der Waals surface area contributed by atoms with E-state index < -0.39 is 5.82 Å². The third-order valence-electron chi connectivity index (χ3n) is 3.86. The van der Waals surface area contributed by atoms with E-state index in [9.17, 15) is 9.18 Å². The van der Waals surface area contributed by atoms with E-state index in [4.69, 9.17) is 11.6 Å². The van der Waals surface area contributed by atoms with E-state index in [0.29, 0.717) is 22.5 Å². The van der Waals surface area contributed by atoms with E-state index in [1.54, 1.807) is 19.3 Å². The van der Waals surface area contributed by atoms with Crippen LogP contribution in [-0.4, -0.2) is 27.8 Å². The number of pyridine rings is 1. The molecule has 0 saturated heterocycles. The molecular weight excluding hydrogens is 343 g/mol. The Hall–Kier alpha value is -2.60. The lowest BCUT2D eigenvalue weighted by Crippen LogP contribution is -2.09. The fraction of sp³-hybridized carbons (Fsp3) is 0.222. The summed E-state index contributed by atoms with van der Waals surface area (Å²) in [7, 11) is 1.76. The Morgan fingerprint density at radius 3 is 2.76 bits per heavy atom. The molecule has 0 aliphatic heterocycles. The first-order valence-corrected chi connectivity index (χ1v) is 8.10. The number of ketones is 1. The summed E-state index contributed by atoms with van der Waals surface area (Å²) >= 11 is 5.76. The monoisotopic (exact) mass is 358 g/mol. The molecule has 1 N–H and O–H groups in total. The number of hydrogen-bond donors (Lipinski definition) is 1. The second kappa shape index (κ2) is 7.11. The molecule has 0 radical (unpaired) electrons. The summed E-state index contributed by atoms with van der Waals surface area (Å²) in [4.78, 5) is 25.4. The number of nitrogens with zero attached hydrogens (tertiary/aromatic N) is 3. The van der Waals surface area contributed by atoms with Gasteiger partial charge in [0.25, 0.3) is 0 Å². The Balaban J connectivity index is 1.80. The number of halogens is 2. The number of Topliss-reactive ketones (excluding diaryl/α,β-unsaturated/α-hetero) is 1. The highest BCUT2D eigenvalue weighted by Gasteiger charge is 2.12. The van der Waals surface area contributed by atoms with Crippen molar-refractivity contribution >= 4 is 34.4 Å². The fourth-order valence-corrected chi connectivity index (χ4v) is 2.73. The number of aromatic nitrogens is 3. The minimum atomic E-state index is -0.494. The van der Waals surface area contributed by atoms with Crippen molar-refractivity contribution in [2.45, 2.75) is 19.8 Å². The van der Waals surface area contributed by atoms with Crippen LogP contribution in [0.1, 0.15) is 16.8 Å². The lowest BCUT2D eigenvalue weighted by molar-refractivity contribution is -0.117. The van der Waals surface area contributed by atoms with Crippen LogP contribution in [0.15, 0.2) is 30.5 Å². The summed E-state index contributed by atoms with van der Waals surface area (Å²) in [6.07, 6.45) is 2.02. The molecule has 0 saturated carbocycles. The van der Waals surface area contributed by atoms with Crippen molar-refractivity contribution in [3.8, 4) is 0 Å². The molecule has 5 nitrogen and oxygen atoms in total. The number of nitrogens with one attached hydrogen (secondary N) is 1. The van der Waals surface area contributed by atoms with Crippen LogP contribution in [0.4, 0.5) is 10.2 Å². The fourth-order valence-electron chi connectivity index (χ4n) is 2.52. The number of carbonyl (C=O) groups excluding carboxylic acids is 1. The van der Waals surface area contributed by atoms with E-state index in [1.165, 1.54) is 12.1 Å². The lowest BCUT2D eigenvalue weighted by atomic mass is 10.0. The Morgan fingerprint density at radius 1 is 1.24 bits per heavy atom. The van der Waals surface area contributed by atoms with Crippen molar-refractivity contribution < 1.29 is 9.18 Å². The van der Waals surface area contributed by atoms with Crippen LogP contribution in [0, 0.1) is 12.7 Å². The highest BCUT2D eigenvalue weighted by molar-refractivity contribution is 6.30. The van der Waals surface area contributed by atoms with Gasteiger partial charge >= 0.3 is 0 Å². The van der Waals surface area contributed by atoms with E-state index >= 15 is 0 Å². The maximum atomic E-state index is 13.2. The molecule has 128 valence electrons. The van der Waals surface area contributed by atoms with Crippen molar-refractivity contribution in [2.75, 3.05) is 12.4 Å². The van der Waals surface area contributed by atoms with Gasteiger partial charge in [0, 0.05) is 25.6 Å². The maximum Gasteiger partial charge on any atom is 0.180 e. The van der Waals surface area contributed by atoms with Gasteiger partial charge < -0.3 is 5.32 Å². The molecular formula is C18H16ClFN4O. The van der Waals surface area contributed by atoms with Gasteiger partial charge in [0.05, 0.1) is 11.2 Å². The number of hydrogen-bond acceptors (Lipinski definition) is 5. The summed E-state index contributed by atoms with van der Waals surface area (Å²) in [5.74, 6) is 0.134. The molecule has 7 heteroatoms. The topological polar surface area (TPSA) is 67.8 Å². The zero-order valence-corrected chi connectivity index (χ0v) is 14.6. The van der Waals surface area contributed by atoms with Crippen molar-refractivity contribution in [2.24, 2.45) is 0 Å². The molecule has 0 aliphatic carbocycles. The van der Waals surface area contributed by atoms with E-state index in [2.05, 4.69) is 20.3 Å². The number of aryl methyl sites for hydroxylation is 1. The van der Waals surface area contributed by atoms with Crippen molar-refractivity contribution in [1.29, 1.82) is 0 Å². The molecule has 0 amide bonds. The van der Waals surface area contributed by atoms with Gasteiger partial charge in [-0.15, -0.1) is 0 Å². The molecule has 0 spiro atoms. The highest BCUT2D eigenvalue weighted by Crippen LogP contribution is 2.19. The predicted molar refractivity (Wildman–Crippen MR) is 95.4 cm³/mol. The predicted octanol–water partition coefficient (Wildman–Crippen LogP) is 3.52. The average molecular weight is 359 g/mol. The zero-order chi connectivity index (χ0) is 18.0. The average Bonchev–Trinajstić information content (AvgIpc) is 2.58. The van der Waals surface area contributed by atoms with Gasteiger partial charge in [-0.25, -0.2) is 19.3 Å². The SMILES string of the molecule is CNc1cnc2cc(CC(=O)Cc3ccc(F)c(Cl)c3)c(C)nc2n1. The second-order valence-corrected chi connectivity index (χ2v) is 6.13. The maximum absolute atomic E-state index is 13.2. The van der Waals surface area contributed by atoms with E-state index in [-0.39, 0.29) is 23.6 Å². The summed E-state index contributed by atoms with van der Waals surface area (Å²) in [5, 5.41) is 2.93. The van der Waals surface area contributed by atoms with E-state index in [0.717, 1.165) is 11.3 Å². The molecule has 0 atom stereocenters. The molecule has 1 aromatic carbocycles. The Kier molecular flexibility index (Phi) is 4.90. The van der Waals surface area contributed by atoms with Gasteiger partial charge in [-0.1, -0.05) is 17.7 Å². The van der Waals surface area contributed by atoms with Crippen LogP contribution in [0.2, 0.25) is 5.02 Å². The van der Waals surface area contributed by atoms with Gasteiger partial charge in [-0.05, 0) is 36.2 Å². The van der Waals surface area contributed by atoms with Crippen LogP contribution in [0.25, 0.3) is 11.2 Å². The first-order valence-electron chi connectivity index (χ1n) is 7.73. The van der Waals surface area contributed by atoms with Gasteiger partial charge in [-0.3, -0.25) is 4.79 Å². The van der Waals surface area contributed by atoms with Crippen LogP contribution < -0.4 is 5.32 Å². The molecule has 25 heavy (non-hydrogen) atoms. The van der Waals surface area contributed by atoms with Crippen molar-refractivity contribution in [3.05, 3.63) is 58.1 Å². The molecule has 0 bridgehead atoms. The molecule has 2 heterocycles. The minimum Gasteiger partial charge on any atom is -0.372 e. The Labute approximate surface area is 149 Å². The second-order valence-electron chi connectivity index (χ2n) is 5.72. The number of benzene rings is 1. The van der Waals surface area contributed by atoms with Crippen LogP contribution in [0.3, 0.4) is 0 Å². The van der Waals surface area contributed by atoms with Gasteiger partial charge in [0.15, 0.2) is 5.65 Å². The zero-order valence-electron chi connectivity index (χ0n) is 13.8. The summed E-state index contributed by atoms with van der Waals surface area (Å²) < 4.78 is 13.2. The summed E-state index contributed by atoms with van der Waals surface area (Å²) in [6, 6.07) is 6.14. The smallest absolute Gasteiger partial charge is 0.180 e. The van der Waals surface area contributed by atoms with Crippen LogP contribution in [0.5, 0.6) is 0 Å². The largest absolute Gasteiger partial charge is 0.372 e. The number of fused-ring (bicyclic) bond motifs is 1. The first kappa shape index (κ1) is 17.2. The van der Waals surface area contributed by atoms with Crippen molar-refractivity contribution in [3.63, 3.8) is 0 Å². The number of carbonyl (C=O) groups is 1. The molecule has 2 aromatic heterocycles. The molecule has 0 aliphatic rings. The molecule has 3 aromatic rings. The third-order valence-corrected chi connectivity index (χ3v) is 4.15. The third kappa shape index (κ3) is 3.91. The molecule has 3 rings (SSSR count). The van der Waals surface area contributed by atoms with E-state index in [1.807, 2.05) is 13.0 Å².